The van der Waals surface area contributed by atoms with E-state index in [0.29, 0.717) is 18.5 Å². The van der Waals surface area contributed by atoms with Crippen molar-refractivity contribution >= 4 is 33.4 Å². The van der Waals surface area contributed by atoms with Gasteiger partial charge in [-0.15, -0.1) is 0 Å². The van der Waals surface area contributed by atoms with Crippen molar-refractivity contribution in [3.63, 3.8) is 0 Å². The van der Waals surface area contributed by atoms with Crippen molar-refractivity contribution in [2.45, 2.75) is 37.0 Å². The van der Waals surface area contributed by atoms with Gasteiger partial charge >= 0.3 is 5.97 Å². The van der Waals surface area contributed by atoms with Crippen molar-refractivity contribution in [3.8, 4) is 0 Å². The smallest absolute Gasteiger partial charge is 0.309 e. The van der Waals surface area contributed by atoms with Gasteiger partial charge in [0.2, 0.25) is 10.0 Å². The lowest BCUT2D eigenvalue weighted by atomic mass is 9.67. The number of ether oxygens (including phenoxy) is 1. The number of anilines is 1. The summed E-state index contributed by atoms with van der Waals surface area (Å²) in [5.74, 6) is -1.09. The maximum Gasteiger partial charge on any atom is 0.309 e. The molecule has 0 aromatic heterocycles. The third kappa shape index (κ3) is 4.84. The van der Waals surface area contributed by atoms with E-state index in [2.05, 4.69) is 5.32 Å². The molecule has 2 bridgehead atoms. The van der Waals surface area contributed by atoms with E-state index in [9.17, 15) is 22.8 Å². The first-order chi connectivity index (χ1) is 13.7. The van der Waals surface area contributed by atoms with Crippen LogP contribution in [0.25, 0.3) is 0 Å². The lowest BCUT2D eigenvalue weighted by Crippen LogP contribution is -2.40. The van der Waals surface area contributed by atoms with Crippen LogP contribution in [0.1, 0.15) is 32.1 Å². The van der Waals surface area contributed by atoms with Gasteiger partial charge in [0, 0.05) is 31.6 Å². The minimum absolute atomic E-state index is 0.0502. The molecule has 29 heavy (non-hydrogen) atoms. The molecule has 2 atom stereocenters. The lowest BCUT2D eigenvalue weighted by Gasteiger charge is -2.36. The van der Waals surface area contributed by atoms with E-state index in [1.807, 2.05) is 0 Å². The van der Waals surface area contributed by atoms with Crippen LogP contribution in [0.3, 0.4) is 0 Å². The third-order valence-corrected chi connectivity index (χ3v) is 7.47. The molecule has 1 amide bonds. The van der Waals surface area contributed by atoms with Gasteiger partial charge in [-0.05, 0) is 49.9 Å². The average Bonchev–Trinajstić information content (AvgIpc) is 2.66. The van der Waals surface area contributed by atoms with Gasteiger partial charge in [-0.3, -0.25) is 14.4 Å². The number of sulfonamides is 1. The Morgan fingerprint density at radius 3 is 2.24 bits per heavy atom. The fourth-order valence-corrected chi connectivity index (χ4v) is 4.95. The molecule has 9 heteroatoms. The van der Waals surface area contributed by atoms with Crippen LogP contribution < -0.4 is 5.32 Å². The first-order valence-electron chi connectivity index (χ1n) is 9.71. The molecular formula is C20H26N2O6S. The van der Waals surface area contributed by atoms with Crippen LogP contribution in [0.5, 0.6) is 0 Å². The minimum atomic E-state index is -3.54. The van der Waals surface area contributed by atoms with E-state index in [1.165, 1.54) is 38.4 Å². The second-order valence-electron chi connectivity index (χ2n) is 7.86. The zero-order valence-corrected chi connectivity index (χ0v) is 17.4. The van der Waals surface area contributed by atoms with Gasteiger partial charge in [-0.1, -0.05) is 6.42 Å². The Morgan fingerprint density at radius 2 is 1.69 bits per heavy atom. The van der Waals surface area contributed by atoms with Crippen molar-refractivity contribution in [1.29, 1.82) is 0 Å². The highest BCUT2D eigenvalue weighted by molar-refractivity contribution is 7.89. The van der Waals surface area contributed by atoms with Crippen LogP contribution in [0.2, 0.25) is 0 Å². The normalized spacial score (nSPS) is 24.2. The number of carbonyl (C=O) groups is 3. The summed E-state index contributed by atoms with van der Waals surface area (Å²) in [6.07, 6.45) is 3.72. The quantitative estimate of drug-likeness (QED) is 0.700. The first-order valence-corrected chi connectivity index (χ1v) is 11.2. The molecule has 0 spiro atoms. The summed E-state index contributed by atoms with van der Waals surface area (Å²) >= 11 is 0. The number of nitrogens with zero attached hydrogens (tertiary/aromatic N) is 1. The van der Waals surface area contributed by atoms with Crippen LogP contribution in [0, 0.1) is 17.8 Å². The number of rotatable bonds is 6. The number of Topliss-reactive ketones (excluding diaryl/α,β-unsaturated/α-hetero) is 1. The molecule has 2 aliphatic rings. The van der Waals surface area contributed by atoms with Crippen LogP contribution in [0.15, 0.2) is 29.2 Å². The largest absolute Gasteiger partial charge is 0.455 e. The molecule has 1 aromatic rings. The van der Waals surface area contributed by atoms with Crippen LogP contribution >= 0.6 is 0 Å². The minimum Gasteiger partial charge on any atom is -0.455 e. The van der Waals surface area contributed by atoms with Crippen molar-refractivity contribution in [3.05, 3.63) is 24.3 Å². The zero-order chi connectivity index (χ0) is 21.2. The number of carbonyl (C=O) groups excluding carboxylic acids is 3. The van der Waals surface area contributed by atoms with Gasteiger partial charge < -0.3 is 10.1 Å². The predicted molar refractivity (Wildman–Crippen MR) is 105 cm³/mol. The fourth-order valence-electron chi connectivity index (χ4n) is 4.04. The molecule has 0 heterocycles. The Morgan fingerprint density at radius 1 is 1.10 bits per heavy atom. The van der Waals surface area contributed by atoms with Gasteiger partial charge in [0.05, 0.1) is 10.8 Å². The summed E-state index contributed by atoms with van der Waals surface area (Å²) in [6, 6.07) is 5.75. The Bertz CT molecular complexity index is 878. The monoisotopic (exact) mass is 422 g/mol. The van der Waals surface area contributed by atoms with Crippen molar-refractivity contribution in [2.24, 2.45) is 17.8 Å². The maximum atomic E-state index is 12.3. The molecule has 1 aromatic carbocycles. The molecule has 0 aliphatic heterocycles. The summed E-state index contributed by atoms with van der Waals surface area (Å²) in [7, 11) is -0.661. The van der Waals surface area contributed by atoms with Crippen molar-refractivity contribution in [1.82, 2.24) is 4.31 Å². The summed E-state index contributed by atoms with van der Waals surface area (Å²) in [5.41, 5.74) is 0.404. The molecule has 2 saturated carbocycles. The van der Waals surface area contributed by atoms with Gasteiger partial charge in [-0.25, -0.2) is 12.7 Å². The third-order valence-electron chi connectivity index (χ3n) is 5.64. The number of nitrogens with one attached hydrogen (secondary N) is 1. The predicted octanol–water partition coefficient (Wildman–Crippen LogP) is 1.81. The van der Waals surface area contributed by atoms with Crippen LogP contribution in [0.4, 0.5) is 5.69 Å². The fraction of sp³-hybridized carbons (Fsp3) is 0.550. The number of amides is 1. The number of fused-ring (bicyclic) bond motifs is 2. The average molecular weight is 423 g/mol. The maximum absolute atomic E-state index is 12.3. The topological polar surface area (TPSA) is 110 Å². The van der Waals surface area contributed by atoms with Gasteiger partial charge in [0.15, 0.2) is 6.61 Å². The van der Waals surface area contributed by atoms with E-state index in [4.69, 9.17) is 4.74 Å². The molecule has 1 N–H and O–H groups in total. The van der Waals surface area contributed by atoms with Crippen LogP contribution in [-0.4, -0.2) is 51.1 Å². The first kappa shape index (κ1) is 21.4. The highest BCUT2D eigenvalue weighted by atomic mass is 32.2. The zero-order valence-electron chi connectivity index (χ0n) is 16.6. The molecule has 158 valence electrons. The number of ketones is 1. The molecule has 3 rings (SSSR count). The molecule has 8 nitrogen and oxygen atoms in total. The molecule has 0 unspecified atom stereocenters. The Labute approximate surface area is 170 Å². The van der Waals surface area contributed by atoms with Crippen molar-refractivity contribution < 1.29 is 27.5 Å². The summed E-state index contributed by atoms with van der Waals surface area (Å²) < 4.78 is 30.4. The highest BCUT2D eigenvalue weighted by Gasteiger charge is 2.41. The highest BCUT2D eigenvalue weighted by Crippen LogP contribution is 2.40. The Kier molecular flexibility index (Phi) is 6.38. The summed E-state index contributed by atoms with van der Waals surface area (Å²) in [4.78, 5) is 36.6. The number of hydrogen-bond donors (Lipinski definition) is 1. The van der Waals surface area contributed by atoms with E-state index in [0.717, 1.165) is 23.6 Å². The lowest BCUT2D eigenvalue weighted by molar-refractivity contribution is -0.155. The SMILES string of the molecule is CN(C)S(=O)(=O)c1ccc(NC(=O)COC(=O)C2C[C@H]3CCC[C@H](C2)C3=O)cc1. The number of hydrogen-bond acceptors (Lipinski definition) is 6. The summed E-state index contributed by atoms with van der Waals surface area (Å²) in [5, 5.41) is 2.58. The number of esters is 1. The molecule has 0 saturated heterocycles. The second-order valence-corrected chi connectivity index (χ2v) is 10.0. The molecular weight excluding hydrogens is 396 g/mol. The van der Waals surface area contributed by atoms with Gasteiger partial charge in [0.25, 0.3) is 5.91 Å². The molecule has 2 fully saturated rings. The van der Waals surface area contributed by atoms with E-state index in [-0.39, 0.29) is 28.4 Å². The Balaban J connectivity index is 1.50. The van der Waals surface area contributed by atoms with Gasteiger partial charge in [-0.2, -0.15) is 0 Å². The standard InChI is InChI=1S/C20H26N2O6S/c1-22(2)29(26,27)17-8-6-16(7-9-17)21-18(23)12-28-20(25)15-10-13-4-3-5-14(11-15)19(13)24/h6-9,13-15H,3-5,10-12H2,1-2H3,(H,21,23)/t13-,14-/m1/s1. The van der Waals surface area contributed by atoms with E-state index < -0.39 is 28.5 Å². The van der Waals surface area contributed by atoms with E-state index in [1.54, 1.807) is 0 Å². The van der Waals surface area contributed by atoms with E-state index >= 15 is 0 Å². The molecule has 0 radical (unpaired) electrons. The Hall–Kier alpha value is -2.26. The molecule has 2 aliphatic carbocycles. The van der Waals surface area contributed by atoms with Gasteiger partial charge in [0.1, 0.15) is 5.78 Å². The van der Waals surface area contributed by atoms with Crippen LogP contribution in [-0.2, 0) is 29.1 Å². The summed E-state index contributed by atoms with van der Waals surface area (Å²) in [6.45, 7) is -0.420. The number of benzene rings is 1. The second kappa shape index (κ2) is 8.62. The van der Waals surface area contributed by atoms with Crippen molar-refractivity contribution in [2.75, 3.05) is 26.0 Å².